The van der Waals surface area contributed by atoms with Crippen molar-refractivity contribution in [2.75, 3.05) is 23.9 Å². The lowest BCUT2D eigenvalue weighted by Crippen LogP contribution is -2.38. The molecule has 0 N–H and O–H groups in total. The molecule has 0 aliphatic carbocycles. The van der Waals surface area contributed by atoms with Crippen LogP contribution in [-0.4, -0.2) is 37.6 Å². The number of amides is 2. The van der Waals surface area contributed by atoms with Gasteiger partial charge >= 0.3 is 0 Å². The molecule has 2 fully saturated rings. The fourth-order valence-electron chi connectivity index (χ4n) is 3.81. The smallest absolute Gasteiger partial charge is 0.241 e. The van der Waals surface area contributed by atoms with Crippen molar-refractivity contribution in [3.05, 3.63) is 36.4 Å². The molecule has 5 heteroatoms. The monoisotopic (exact) mass is 298 g/mol. The summed E-state index contributed by atoms with van der Waals surface area (Å²) in [5.74, 6) is -1.08. The molecule has 4 atom stereocenters. The molecule has 1 aromatic carbocycles. The van der Waals surface area contributed by atoms with Crippen molar-refractivity contribution in [1.82, 2.24) is 0 Å². The van der Waals surface area contributed by atoms with Crippen LogP contribution in [-0.2, 0) is 14.3 Å². The first kappa shape index (κ1) is 13.5. The van der Waals surface area contributed by atoms with Crippen molar-refractivity contribution in [2.45, 2.75) is 18.6 Å². The highest BCUT2D eigenvalue weighted by Gasteiger charge is 2.65. The summed E-state index contributed by atoms with van der Waals surface area (Å²) in [6.07, 6.45) is 3.56. The first-order valence-corrected chi connectivity index (χ1v) is 7.45. The third-order valence-electron chi connectivity index (χ3n) is 4.95. The van der Waals surface area contributed by atoms with Gasteiger partial charge in [-0.05, 0) is 31.2 Å². The largest absolute Gasteiger partial charge is 0.378 e. The Morgan fingerprint density at radius 2 is 1.82 bits per heavy atom. The van der Waals surface area contributed by atoms with Crippen molar-refractivity contribution in [3.8, 4) is 0 Å². The van der Waals surface area contributed by atoms with Crippen LogP contribution in [0.2, 0.25) is 0 Å². The number of hydrogen-bond donors (Lipinski definition) is 0. The summed E-state index contributed by atoms with van der Waals surface area (Å²) in [6.45, 7) is 1.89. The van der Waals surface area contributed by atoms with Gasteiger partial charge in [0.1, 0.15) is 0 Å². The van der Waals surface area contributed by atoms with Gasteiger partial charge in [0.2, 0.25) is 11.8 Å². The Labute approximate surface area is 129 Å². The molecule has 5 nitrogen and oxygen atoms in total. The van der Waals surface area contributed by atoms with E-state index < -0.39 is 11.5 Å². The highest BCUT2D eigenvalue weighted by molar-refractivity contribution is 6.23. The summed E-state index contributed by atoms with van der Waals surface area (Å²) in [6, 6.07) is 7.47. The van der Waals surface area contributed by atoms with Gasteiger partial charge in [-0.1, -0.05) is 12.2 Å². The number of rotatable bonds is 2. The molecule has 22 heavy (non-hydrogen) atoms. The van der Waals surface area contributed by atoms with Gasteiger partial charge < -0.3 is 9.64 Å². The van der Waals surface area contributed by atoms with E-state index in [9.17, 15) is 9.59 Å². The van der Waals surface area contributed by atoms with Crippen LogP contribution < -0.4 is 9.80 Å². The molecular weight excluding hydrogens is 280 g/mol. The van der Waals surface area contributed by atoms with Gasteiger partial charge in [-0.15, -0.1) is 0 Å². The molecule has 3 heterocycles. The molecule has 0 saturated carbocycles. The summed E-state index contributed by atoms with van der Waals surface area (Å²) in [7, 11) is 3.90. The van der Waals surface area contributed by atoms with Crippen LogP contribution in [0, 0.1) is 11.8 Å². The number of nitrogens with zero attached hydrogens (tertiary/aromatic N) is 2. The van der Waals surface area contributed by atoms with E-state index in [1.807, 2.05) is 62.3 Å². The molecule has 1 aromatic rings. The molecule has 3 aliphatic heterocycles. The quantitative estimate of drug-likeness (QED) is 0.614. The number of hydrogen-bond acceptors (Lipinski definition) is 4. The number of ether oxygens (including phenoxy) is 1. The Hall–Kier alpha value is -2.14. The van der Waals surface area contributed by atoms with Crippen molar-refractivity contribution in [1.29, 1.82) is 0 Å². The predicted octanol–water partition coefficient (Wildman–Crippen LogP) is 1.59. The van der Waals surface area contributed by atoms with E-state index in [-0.39, 0.29) is 23.8 Å². The van der Waals surface area contributed by atoms with Crippen LogP contribution in [0.4, 0.5) is 11.4 Å². The van der Waals surface area contributed by atoms with Crippen LogP contribution >= 0.6 is 0 Å². The molecular formula is C17H18N2O3. The lowest BCUT2D eigenvalue weighted by molar-refractivity contribution is -0.126. The second kappa shape index (κ2) is 4.20. The summed E-state index contributed by atoms with van der Waals surface area (Å²) >= 11 is 0. The highest BCUT2D eigenvalue weighted by Crippen LogP contribution is 2.52. The molecule has 2 saturated heterocycles. The fourth-order valence-corrected chi connectivity index (χ4v) is 3.81. The molecule has 2 bridgehead atoms. The SMILES string of the molecule is CN(C)c1ccc(N2C(=O)[C@@H]3[C@H]4C=C[C@@](C)(O4)[C@H]3C2=O)cc1. The predicted molar refractivity (Wildman–Crippen MR) is 82.7 cm³/mol. The van der Waals surface area contributed by atoms with Gasteiger partial charge in [-0.2, -0.15) is 0 Å². The highest BCUT2D eigenvalue weighted by atomic mass is 16.5. The lowest BCUT2D eigenvalue weighted by Gasteiger charge is -2.24. The number of carbonyl (C=O) groups excluding carboxylic acids is 2. The van der Waals surface area contributed by atoms with Gasteiger partial charge in [-0.3, -0.25) is 9.59 Å². The molecule has 4 rings (SSSR count). The molecule has 0 radical (unpaired) electrons. The van der Waals surface area contributed by atoms with E-state index in [1.165, 1.54) is 4.90 Å². The van der Waals surface area contributed by atoms with Crippen LogP contribution in [0.15, 0.2) is 36.4 Å². The number of carbonyl (C=O) groups is 2. The van der Waals surface area contributed by atoms with Gasteiger partial charge in [0, 0.05) is 19.8 Å². The Morgan fingerprint density at radius 1 is 1.14 bits per heavy atom. The number of fused-ring (bicyclic) bond motifs is 5. The minimum atomic E-state index is -0.638. The van der Waals surface area contributed by atoms with Crippen LogP contribution in [0.5, 0.6) is 0 Å². The van der Waals surface area contributed by atoms with E-state index in [4.69, 9.17) is 4.74 Å². The van der Waals surface area contributed by atoms with Crippen LogP contribution in [0.3, 0.4) is 0 Å². The zero-order valence-electron chi connectivity index (χ0n) is 12.8. The topological polar surface area (TPSA) is 49.9 Å². The first-order valence-electron chi connectivity index (χ1n) is 7.45. The average Bonchev–Trinajstić information content (AvgIpc) is 3.08. The minimum absolute atomic E-state index is 0.148. The maximum Gasteiger partial charge on any atom is 0.241 e. The van der Waals surface area contributed by atoms with Gasteiger partial charge in [0.25, 0.3) is 0 Å². The number of anilines is 2. The molecule has 0 aromatic heterocycles. The van der Waals surface area contributed by atoms with Crippen LogP contribution in [0.25, 0.3) is 0 Å². The van der Waals surface area contributed by atoms with E-state index >= 15 is 0 Å². The fraction of sp³-hybridized carbons (Fsp3) is 0.412. The summed E-state index contributed by atoms with van der Waals surface area (Å²) in [4.78, 5) is 28.8. The van der Waals surface area contributed by atoms with E-state index in [1.54, 1.807) is 0 Å². The van der Waals surface area contributed by atoms with Gasteiger partial charge in [0.15, 0.2) is 0 Å². The molecule has 0 unspecified atom stereocenters. The molecule has 0 spiro atoms. The third kappa shape index (κ3) is 1.57. The summed E-state index contributed by atoms with van der Waals surface area (Å²) in [5.41, 5.74) is 1.03. The van der Waals surface area contributed by atoms with Crippen LogP contribution in [0.1, 0.15) is 6.92 Å². The second-order valence-corrected chi connectivity index (χ2v) is 6.55. The summed E-state index contributed by atoms with van der Waals surface area (Å²) < 4.78 is 5.82. The van der Waals surface area contributed by atoms with Crippen molar-refractivity contribution < 1.29 is 14.3 Å². The third-order valence-corrected chi connectivity index (χ3v) is 4.95. The molecule has 114 valence electrons. The Bertz CT molecular complexity index is 694. The minimum Gasteiger partial charge on any atom is -0.378 e. The number of benzene rings is 1. The lowest BCUT2D eigenvalue weighted by atomic mass is 9.78. The molecule has 3 aliphatic rings. The van der Waals surface area contributed by atoms with E-state index in [2.05, 4.69) is 0 Å². The standard InChI is InChI=1S/C17H18N2O3/c1-17-9-8-12(22-17)13-14(17)16(21)19(15(13)20)11-6-4-10(5-7-11)18(2)3/h4-9,12-14H,1-3H3/t12-,13-,14-,17-/m1/s1. The normalized spacial score (nSPS) is 35.4. The average molecular weight is 298 g/mol. The first-order chi connectivity index (χ1) is 10.4. The number of imide groups is 1. The zero-order chi connectivity index (χ0) is 15.6. The maximum atomic E-state index is 12.8. The van der Waals surface area contributed by atoms with Crippen molar-refractivity contribution in [3.63, 3.8) is 0 Å². The van der Waals surface area contributed by atoms with Crippen molar-refractivity contribution in [2.24, 2.45) is 11.8 Å². The second-order valence-electron chi connectivity index (χ2n) is 6.55. The Balaban J connectivity index is 1.70. The van der Waals surface area contributed by atoms with Gasteiger partial charge in [-0.25, -0.2) is 4.90 Å². The van der Waals surface area contributed by atoms with Gasteiger partial charge in [0.05, 0.1) is 29.2 Å². The maximum absolute atomic E-state index is 12.8. The van der Waals surface area contributed by atoms with E-state index in [0.717, 1.165) is 5.69 Å². The zero-order valence-corrected chi connectivity index (χ0v) is 12.8. The summed E-state index contributed by atoms with van der Waals surface area (Å²) in [5, 5.41) is 0. The van der Waals surface area contributed by atoms with Crippen molar-refractivity contribution >= 4 is 23.2 Å². The Kier molecular flexibility index (Phi) is 2.58. The van der Waals surface area contributed by atoms with E-state index in [0.29, 0.717) is 5.69 Å². The molecule has 2 amide bonds. The Morgan fingerprint density at radius 3 is 2.41 bits per heavy atom.